The van der Waals surface area contributed by atoms with Gasteiger partial charge in [-0.1, -0.05) is 0 Å². The number of benzene rings is 1. The molecule has 1 aromatic rings. The van der Waals surface area contributed by atoms with E-state index < -0.39 is 4.92 Å². The zero-order valence-electron chi connectivity index (χ0n) is 8.63. The van der Waals surface area contributed by atoms with Crippen molar-refractivity contribution in [3.63, 3.8) is 0 Å². The summed E-state index contributed by atoms with van der Waals surface area (Å²) in [5.41, 5.74) is 0.645. The number of nitro groups is 1. The molecule has 17 heavy (non-hydrogen) atoms. The maximum Gasteiger partial charge on any atom is 0.282 e. The monoisotopic (exact) mass is 342 g/mol. The quantitative estimate of drug-likeness (QED) is 0.361. The van der Waals surface area contributed by atoms with Crippen LogP contribution in [0.5, 0.6) is 0 Å². The van der Waals surface area contributed by atoms with Gasteiger partial charge in [0, 0.05) is 11.8 Å². The Morgan fingerprint density at radius 3 is 2.35 bits per heavy atom. The van der Waals surface area contributed by atoms with E-state index in [4.69, 9.17) is 10.5 Å². The molecular weight excluding hydrogens is 335 g/mol. The number of nitro benzene ring substituents is 1. The molecule has 1 aromatic carbocycles. The highest BCUT2D eigenvalue weighted by Crippen LogP contribution is 2.26. The van der Waals surface area contributed by atoms with Crippen molar-refractivity contribution in [2.24, 2.45) is 0 Å². The van der Waals surface area contributed by atoms with Crippen LogP contribution in [-0.2, 0) is 0 Å². The number of nitrogens with zero attached hydrogens (tertiary/aromatic N) is 4. The molecule has 0 heterocycles. The second kappa shape index (κ2) is 6.01. The molecule has 0 aliphatic heterocycles. The van der Waals surface area contributed by atoms with Crippen molar-refractivity contribution in [1.82, 2.24) is 0 Å². The SMILES string of the molecule is N#CCN(CC#N)c1ccc([N+](=O)[O-])c(I)c1. The van der Waals surface area contributed by atoms with Gasteiger partial charge in [0.2, 0.25) is 0 Å². The van der Waals surface area contributed by atoms with E-state index in [-0.39, 0.29) is 18.8 Å². The molecule has 0 unspecified atom stereocenters. The number of halogens is 1. The van der Waals surface area contributed by atoms with E-state index in [1.165, 1.54) is 12.1 Å². The molecule has 6 nitrogen and oxygen atoms in total. The van der Waals surface area contributed by atoms with Crippen LogP contribution >= 0.6 is 22.6 Å². The minimum atomic E-state index is -0.468. The third-order valence-electron chi connectivity index (χ3n) is 2.02. The Labute approximate surface area is 111 Å². The van der Waals surface area contributed by atoms with E-state index in [0.29, 0.717) is 9.26 Å². The zero-order valence-corrected chi connectivity index (χ0v) is 10.8. The van der Waals surface area contributed by atoms with Crippen molar-refractivity contribution >= 4 is 34.0 Å². The highest BCUT2D eigenvalue weighted by Gasteiger charge is 2.14. The van der Waals surface area contributed by atoms with Crippen LogP contribution in [0.1, 0.15) is 0 Å². The molecular formula is C10H7IN4O2. The summed E-state index contributed by atoms with van der Waals surface area (Å²) in [6.07, 6.45) is 0. The van der Waals surface area contributed by atoms with Gasteiger partial charge in [0.1, 0.15) is 13.1 Å². The van der Waals surface area contributed by atoms with Gasteiger partial charge in [0.15, 0.2) is 0 Å². The van der Waals surface area contributed by atoms with E-state index in [2.05, 4.69) is 0 Å². The van der Waals surface area contributed by atoms with E-state index >= 15 is 0 Å². The molecule has 0 saturated heterocycles. The Morgan fingerprint density at radius 1 is 1.35 bits per heavy atom. The highest BCUT2D eigenvalue weighted by atomic mass is 127. The van der Waals surface area contributed by atoms with Crippen molar-refractivity contribution in [2.75, 3.05) is 18.0 Å². The van der Waals surface area contributed by atoms with Crippen LogP contribution in [0, 0.1) is 36.3 Å². The summed E-state index contributed by atoms with van der Waals surface area (Å²) in [7, 11) is 0. The molecule has 0 atom stereocenters. The van der Waals surface area contributed by atoms with Crippen molar-refractivity contribution < 1.29 is 4.92 Å². The normalized spacial score (nSPS) is 9.12. The molecule has 0 radical (unpaired) electrons. The molecule has 0 amide bonds. The average molecular weight is 342 g/mol. The van der Waals surface area contributed by atoms with Gasteiger partial charge in [-0.2, -0.15) is 10.5 Å². The molecule has 86 valence electrons. The molecule has 0 aliphatic carbocycles. The van der Waals surface area contributed by atoms with Crippen molar-refractivity contribution in [3.05, 3.63) is 31.9 Å². The van der Waals surface area contributed by atoms with Crippen LogP contribution in [0.15, 0.2) is 18.2 Å². The largest absolute Gasteiger partial charge is 0.345 e. The van der Waals surface area contributed by atoms with E-state index in [1.54, 1.807) is 11.0 Å². The van der Waals surface area contributed by atoms with Gasteiger partial charge < -0.3 is 4.90 Å². The number of hydrogen-bond acceptors (Lipinski definition) is 5. The lowest BCUT2D eigenvalue weighted by Crippen LogP contribution is -2.23. The third-order valence-corrected chi connectivity index (χ3v) is 2.88. The van der Waals surface area contributed by atoms with Crippen molar-refractivity contribution in [1.29, 1.82) is 10.5 Å². The Kier molecular flexibility index (Phi) is 4.67. The average Bonchev–Trinajstić information content (AvgIpc) is 2.28. The number of nitriles is 2. The van der Waals surface area contributed by atoms with E-state index in [0.717, 1.165) is 0 Å². The smallest absolute Gasteiger partial charge is 0.282 e. The summed E-state index contributed by atoms with van der Waals surface area (Å²) in [5.74, 6) is 0. The molecule has 1 rings (SSSR count). The van der Waals surface area contributed by atoms with Crippen LogP contribution in [0.2, 0.25) is 0 Å². The fourth-order valence-corrected chi connectivity index (χ4v) is 1.95. The Morgan fingerprint density at radius 2 is 1.94 bits per heavy atom. The second-order valence-electron chi connectivity index (χ2n) is 3.07. The summed E-state index contributed by atoms with van der Waals surface area (Å²) in [6.45, 7) is 0.142. The lowest BCUT2D eigenvalue weighted by atomic mass is 10.2. The fourth-order valence-electron chi connectivity index (χ4n) is 1.25. The van der Waals surface area contributed by atoms with Crippen LogP contribution in [0.3, 0.4) is 0 Å². The fraction of sp³-hybridized carbons (Fsp3) is 0.200. The van der Waals surface area contributed by atoms with Crippen LogP contribution in [0.4, 0.5) is 11.4 Å². The predicted octanol–water partition coefficient (Wildman–Crippen LogP) is 2.05. The van der Waals surface area contributed by atoms with E-state index in [1.807, 2.05) is 34.7 Å². The number of hydrogen-bond donors (Lipinski definition) is 0. The topological polar surface area (TPSA) is 94.0 Å². The van der Waals surface area contributed by atoms with E-state index in [9.17, 15) is 10.1 Å². The molecule has 0 saturated carbocycles. The molecule has 0 aliphatic rings. The summed E-state index contributed by atoms with van der Waals surface area (Å²) in [5, 5.41) is 27.9. The van der Waals surface area contributed by atoms with Gasteiger partial charge >= 0.3 is 0 Å². The summed E-state index contributed by atoms with van der Waals surface area (Å²) in [6, 6.07) is 8.39. The van der Waals surface area contributed by atoms with Gasteiger partial charge in [0.25, 0.3) is 5.69 Å². The second-order valence-corrected chi connectivity index (χ2v) is 4.23. The molecule has 0 fully saturated rings. The summed E-state index contributed by atoms with van der Waals surface area (Å²) >= 11 is 1.86. The minimum Gasteiger partial charge on any atom is -0.345 e. The highest BCUT2D eigenvalue weighted by molar-refractivity contribution is 14.1. The minimum absolute atomic E-state index is 0.0169. The maximum absolute atomic E-state index is 10.6. The standard InChI is InChI=1S/C10H7IN4O2/c11-9-7-8(1-2-10(9)15(16)17)14(5-3-12)6-4-13/h1-2,7H,5-6H2. The first-order valence-electron chi connectivity index (χ1n) is 4.53. The van der Waals surface area contributed by atoms with Gasteiger partial charge in [-0.05, 0) is 34.7 Å². The van der Waals surface area contributed by atoms with Crippen molar-refractivity contribution in [2.45, 2.75) is 0 Å². The van der Waals surface area contributed by atoms with Crippen LogP contribution in [-0.4, -0.2) is 18.0 Å². The first kappa shape index (κ1) is 13.2. The maximum atomic E-state index is 10.6. The van der Waals surface area contributed by atoms with Crippen LogP contribution < -0.4 is 4.90 Å². The Balaban J connectivity index is 3.07. The molecule has 0 aromatic heterocycles. The molecule has 0 spiro atoms. The summed E-state index contributed by atoms with van der Waals surface area (Å²) < 4.78 is 0.478. The molecule has 7 heteroatoms. The van der Waals surface area contributed by atoms with Gasteiger partial charge in [-0.25, -0.2) is 0 Å². The summed E-state index contributed by atoms with van der Waals surface area (Å²) in [4.78, 5) is 11.7. The molecule has 0 bridgehead atoms. The van der Waals surface area contributed by atoms with Gasteiger partial charge in [-0.15, -0.1) is 0 Å². The van der Waals surface area contributed by atoms with Gasteiger partial charge in [0.05, 0.1) is 20.6 Å². The zero-order chi connectivity index (χ0) is 12.8. The Hall–Kier alpha value is -1.87. The van der Waals surface area contributed by atoms with Crippen molar-refractivity contribution in [3.8, 4) is 12.1 Å². The van der Waals surface area contributed by atoms with Gasteiger partial charge in [-0.3, -0.25) is 10.1 Å². The Bertz CT molecular complexity index is 502. The number of anilines is 1. The van der Waals surface area contributed by atoms with Crippen LogP contribution in [0.25, 0.3) is 0 Å². The first-order valence-corrected chi connectivity index (χ1v) is 5.60. The first-order chi connectivity index (χ1) is 8.10. The lowest BCUT2D eigenvalue weighted by Gasteiger charge is -2.17. The lowest BCUT2D eigenvalue weighted by molar-refractivity contribution is -0.385. The molecule has 0 N–H and O–H groups in total. The third kappa shape index (κ3) is 3.29. The number of rotatable bonds is 4. The predicted molar refractivity (Wildman–Crippen MR) is 69.3 cm³/mol.